The van der Waals surface area contributed by atoms with Crippen molar-refractivity contribution in [2.75, 3.05) is 30.3 Å². The smallest absolute Gasteiger partial charge is 0.179 e. The minimum atomic E-state index is -3.31. The molecular weight excluding hydrogens is 276 g/mol. The Bertz CT molecular complexity index is 596. The number of nitrogens with two attached hydrogens (primary N) is 1. The van der Waals surface area contributed by atoms with Crippen LogP contribution in [0.5, 0.6) is 5.75 Å². The number of hydrogen-bond donors (Lipinski definition) is 1. The monoisotopic (exact) mass is 298 g/mol. The van der Waals surface area contributed by atoms with Gasteiger partial charge in [0.15, 0.2) is 9.84 Å². The van der Waals surface area contributed by atoms with E-state index in [-0.39, 0.29) is 17.9 Å². The van der Waals surface area contributed by atoms with Crippen LogP contribution in [0.4, 0.5) is 5.69 Å². The summed E-state index contributed by atoms with van der Waals surface area (Å²) >= 11 is 0. The van der Waals surface area contributed by atoms with Crippen molar-refractivity contribution in [2.45, 2.75) is 31.3 Å². The first kappa shape index (κ1) is 15.1. The number of ether oxygens (including phenoxy) is 1. The van der Waals surface area contributed by atoms with E-state index in [9.17, 15) is 8.42 Å². The first-order chi connectivity index (χ1) is 9.29. The van der Waals surface area contributed by atoms with Crippen LogP contribution in [0.25, 0.3) is 0 Å². The highest BCUT2D eigenvalue weighted by molar-refractivity contribution is 7.91. The van der Waals surface area contributed by atoms with E-state index < -0.39 is 9.84 Å². The predicted octanol–water partition coefficient (Wildman–Crippen LogP) is 1.42. The number of fused-ring (bicyclic) bond motifs is 1. The second-order valence-electron chi connectivity index (χ2n) is 5.61. The predicted molar refractivity (Wildman–Crippen MR) is 80.1 cm³/mol. The summed E-state index contributed by atoms with van der Waals surface area (Å²) in [7, 11) is -3.31. The third-order valence-corrected chi connectivity index (χ3v) is 5.10. The van der Waals surface area contributed by atoms with Crippen LogP contribution in [-0.2, 0) is 9.84 Å². The topological polar surface area (TPSA) is 72.6 Å². The fourth-order valence-corrected chi connectivity index (χ4v) is 3.57. The van der Waals surface area contributed by atoms with Gasteiger partial charge in [0, 0.05) is 13.1 Å². The standard InChI is InChI=1S/C14H22N2O3S/c1-4-16-10-14(2,3)19-13-6-5-11(9-12(13)16)20(17,18)8-7-15/h5-6,9H,4,7-8,10,15H2,1-3H3. The summed E-state index contributed by atoms with van der Waals surface area (Å²) in [5.74, 6) is 0.694. The second kappa shape index (κ2) is 5.26. The van der Waals surface area contributed by atoms with E-state index in [0.717, 1.165) is 24.5 Å². The molecule has 0 atom stereocenters. The average Bonchev–Trinajstić information content (AvgIpc) is 2.36. The number of nitrogens with zero attached hydrogens (tertiary/aromatic N) is 1. The lowest BCUT2D eigenvalue weighted by molar-refractivity contribution is 0.105. The molecule has 0 saturated carbocycles. The lowest BCUT2D eigenvalue weighted by Crippen LogP contribution is -2.46. The summed E-state index contributed by atoms with van der Waals surface area (Å²) < 4.78 is 30.1. The summed E-state index contributed by atoms with van der Waals surface area (Å²) in [5.41, 5.74) is 5.93. The molecule has 1 heterocycles. The van der Waals surface area contributed by atoms with Crippen LogP contribution >= 0.6 is 0 Å². The molecule has 1 aliphatic heterocycles. The minimum Gasteiger partial charge on any atom is -0.484 e. The van der Waals surface area contributed by atoms with Gasteiger partial charge in [0.25, 0.3) is 0 Å². The maximum Gasteiger partial charge on any atom is 0.179 e. The zero-order chi connectivity index (χ0) is 15.0. The SMILES string of the molecule is CCN1CC(C)(C)Oc2ccc(S(=O)(=O)CCN)cc21. The number of sulfone groups is 1. The molecule has 20 heavy (non-hydrogen) atoms. The first-order valence-corrected chi connectivity index (χ1v) is 8.45. The van der Waals surface area contributed by atoms with Crippen molar-refractivity contribution >= 4 is 15.5 Å². The van der Waals surface area contributed by atoms with Crippen LogP contribution in [0, 0.1) is 0 Å². The van der Waals surface area contributed by atoms with Crippen molar-refractivity contribution in [3.8, 4) is 5.75 Å². The molecule has 0 radical (unpaired) electrons. The fraction of sp³-hybridized carbons (Fsp3) is 0.571. The molecule has 1 aromatic carbocycles. The number of benzene rings is 1. The molecule has 0 aliphatic carbocycles. The van der Waals surface area contributed by atoms with Gasteiger partial charge in [0.1, 0.15) is 11.4 Å². The van der Waals surface area contributed by atoms with Crippen LogP contribution in [0.2, 0.25) is 0 Å². The molecule has 1 aromatic rings. The summed E-state index contributed by atoms with van der Waals surface area (Å²) in [4.78, 5) is 2.45. The van der Waals surface area contributed by atoms with Crippen molar-refractivity contribution in [2.24, 2.45) is 5.73 Å². The van der Waals surface area contributed by atoms with E-state index in [1.165, 1.54) is 0 Å². The second-order valence-corrected chi connectivity index (χ2v) is 7.72. The lowest BCUT2D eigenvalue weighted by Gasteiger charge is -2.40. The van der Waals surface area contributed by atoms with Gasteiger partial charge in [-0.3, -0.25) is 0 Å². The lowest BCUT2D eigenvalue weighted by atomic mass is 10.1. The molecule has 2 rings (SSSR count). The number of likely N-dealkylation sites (N-methyl/N-ethyl adjacent to an activating group) is 1. The zero-order valence-electron chi connectivity index (χ0n) is 12.2. The van der Waals surface area contributed by atoms with Gasteiger partial charge in [0.05, 0.1) is 22.9 Å². The molecule has 0 unspecified atom stereocenters. The number of anilines is 1. The highest BCUT2D eigenvalue weighted by atomic mass is 32.2. The van der Waals surface area contributed by atoms with Gasteiger partial charge in [-0.25, -0.2) is 8.42 Å². The Balaban J connectivity index is 2.46. The summed E-state index contributed by atoms with van der Waals surface area (Å²) in [6, 6.07) is 5.03. The van der Waals surface area contributed by atoms with Crippen molar-refractivity contribution in [3.63, 3.8) is 0 Å². The highest BCUT2D eigenvalue weighted by Gasteiger charge is 2.31. The molecule has 0 bridgehead atoms. The Labute approximate surface area is 120 Å². The van der Waals surface area contributed by atoms with Crippen molar-refractivity contribution < 1.29 is 13.2 Å². The van der Waals surface area contributed by atoms with Crippen LogP contribution in [0.15, 0.2) is 23.1 Å². The summed E-state index contributed by atoms with van der Waals surface area (Å²) in [6.45, 7) is 7.76. The summed E-state index contributed by atoms with van der Waals surface area (Å²) in [5, 5.41) is 0. The summed E-state index contributed by atoms with van der Waals surface area (Å²) in [6.07, 6.45) is 0. The minimum absolute atomic E-state index is 0.0374. The van der Waals surface area contributed by atoms with E-state index in [0.29, 0.717) is 4.90 Å². The Hall–Kier alpha value is -1.27. The molecule has 0 amide bonds. The highest BCUT2D eigenvalue weighted by Crippen LogP contribution is 2.38. The molecule has 0 spiro atoms. The van der Waals surface area contributed by atoms with Crippen LogP contribution in [-0.4, -0.2) is 39.4 Å². The maximum atomic E-state index is 12.1. The van der Waals surface area contributed by atoms with Gasteiger partial charge in [-0.1, -0.05) is 0 Å². The first-order valence-electron chi connectivity index (χ1n) is 6.80. The third kappa shape index (κ3) is 2.91. The number of rotatable bonds is 4. The van der Waals surface area contributed by atoms with E-state index in [4.69, 9.17) is 10.5 Å². The van der Waals surface area contributed by atoms with E-state index >= 15 is 0 Å². The van der Waals surface area contributed by atoms with Crippen LogP contribution in [0.3, 0.4) is 0 Å². The number of hydrogen-bond acceptors (Lipinski definition) is 5. The van der Waals surface area contributed by atoms with Crippen molar-refractivity contribution in [3.05, 3.63) is 18.2 Å². The van der Waals surface area contributed by atoms with E-state index in [1.807, 2.05) is 20.8 Å². The van der Waals surface area contributed by atoms with E-state index in [2.05, 4.69) is 4.90 Å². The van der Waals surface area contributed by atoms with Crippen LogP contribution in [0.1, 0.15) is 20.8 Å². The van der Waals surface area contributed by atoms with E-state index in [1.54, 1.807) is 18.2 Å². The van der Waals surface area contributed by atoms with Gasteiger partial charge < -0.3 is 15.4 Å². The third-order valence-electron chi connectivity index (χ3n) is 3.36. The fourth-order valence-electron chi connectivity index (χ4n) is 2.45. The molecular formula is C14H22N2O3S. The largest absolute Gasteiger partial charge is 0.484 e. The molecule has 0 aromatic heterocycles. The van der Waals surface area contributed by atoms with Crippen molar-refractivity contribution in [1.82, 2.24) is 0 Å². The molecule has 1 aliphatic rings. The Morgan fingerprint density at radius 1 is 1.40 bits per heavy atom. The molecule has 6 heteroatoms. The Morgan fingerprint density at radius 2 is 2.10 bits per heavy atom. The zero-order valence-corrected chi connectivity index (χ0v) is 13.0. The van der Waals surface area contributed by atoms with Gasteiger partial charge >= 0.3 is 0 Å². The quantitative estimate of drug-likeness (QED) is 0.910. The van der Waals surface area contributed by atoms with Gasteiger partial charge in [0.2, 0.25) is 0 Å². The van der Waals surface area contributed by atoms with Crippen LogP contribution < -0.4 is 15.4 Å². The molecule has 0 fully saturated rings. The van der Waals surface area contributed by atoms with Gasteiger partial charge in [-0.15, -0.1) is 0 Å². The molecule has 0 saturated heterocycles. The molecule has 112 valence electrons. The normalized spacial score (nSPS) is 17.5. The Morgan fingerprint density at radius 3 is 2.70 bits per heavy atom. The van der Waals surface area contributed by atoms with Gasteiger partial charge in [-0.05, 0) is 39.0 Å². The average molecular weight is 298 g/mol. The Kier molecular flexibility index (Phi) is 3.97. The van der Waals surface area contributed by atoms with Crippen molar-refractivity contribution in [1.29, 1.82) is 0 Å². The molecule has 5 nitrogen and oxygen atoms in total. The molecule has 2 N–H and O–H groups in total. The van der Waals surface area contributed by atoms with Gasteiger partial charge in [-0.2, -0.15) is 0 Å². The maximum absolute atomic E-state index is 12.1.